The van der Waals surface area contributed by atoms with Crippen molar-refractivity contribution in [2.45, 2.75) is 45.5 Å². The molecule has 1 aliphatic heterocycles. The summed E-state index contributed by atoms with van der Waals surface area (Å²) >= 11 is 0. The van der Waals surface area contributed by atoms with Crippen molar-refractivity contribution in [3.05, 3.63) is 47.5 Å². The molecule has 130 valence electrons. The van der Waals surface area contributed by atoms with Gasteiger partial charge in [-0.2, -0.15) is 5.10 Å². The van der Waals surface area contributed by atoms with Gasteiger partial charge in [-0.25, -0.2) is 18.4 Å². The van der Waals surface area contributed by atoms with Gasteiger partial charge in [0.15, 0.2) is 11.6 Å². The summed E-state index contributed by atoms with van der Waals surface area (Å²) in [5.74, 6) is -0.473. The van der Waals surface area contributed by atoms with Crippen molar-refractivity contribution in [1.82, 2.24) is 19.7 Å². The fraction of sp³-hybridized carbons (Fsp3) is 0.529. The number of halogens is 2. The molecule has 0 aliphatic carbocycles. The normalized spacial score (nSPS) is 21.8. The summed E-state index contributed by atoms with van der Waals surface area (Å²) in [5.41, 5.74) is 0.667. The van der Waals surface area contributed by atoms with Gasteiger partial charge in [0.25, 0.3) is 0 Å². The Balaban J connectivity index is 1.81. The Kier molecular flexibility index (Phi) is 4.91. The molecule has 1 fully saturated rings. The molecule has 1 aromatic heterocycles. The number of hydrogen-bond donors (Lipinski definition) is 1. The van der Waals surface area contributed by atoms with E-state index >= 15 is 0 Å². The topological polar surface area (TPSA) is 54.2 Å². The van der Waals surface area contributed by atoms with Crippen LogP contribution in [0.2, 0.25) is 0 Å². The largest absolute Gasteiger partial charge is 0.392 e. The maximum atomic E-state index is 13.6. The van der Waals surface area contributed by atoms with Gasteiger partial charge < -0.3 is 5.11 Å². The number of aromatic nitrogens is 3. The van der Waals surface area contributed by atoms with Crippen LogP contribution in [0.3, 0.4) is 0 Å². The number of aliphatic hydroxyl groups excluding tert-OH is 1. The maximum absolute atomic E-state index is 13.6. The molecule has 3 rings (SSSR count). The average Bonchev–Trinajstić information content (AvgIpc) is 3.09. The van der Waals surface area contributed by atoms with Gasteiger partial charge in [0, 0.05) is 19.1 Å². The lowest BCUT2D eigenvalue weighted by Crippen LogP contribution is -2.27. The number of rotatable bonds is 5. The van der Waals surface area contributed by atoms with Gasteiger partial charge in [-0.1, -0.05) is 19.9 Å². The third-order valence-electron chi connectivity index (χ3n) is 4.29. The van der Waals surface area contributed by atoms with Crippen molar-refractivity contribution in [3.63, 3.8) is 0 Å². The summed E-state index contributed by atoms with van der Waals surface area (Å²) in [6, 6.07) is 3.75. The average molecular weight is 336 g/mol. The molecule has 2 atom stereocenters. The Bertz CT molecular complexity index is 704. The van der Waals surface area contributed by atoms with Crippen LogP contribution in [0.4, 0.5) is 8.78 Å². The number of hydrogen-bond acceptors (Lipinski definition) is 4. The maximum Gasteiger partial charge on any atom is 0.159 e. The number of benzene rings is 1. The smallest absolute Gasteiger partial charge is 0.159 e. The van der Waals surface area contributed by atoms with E-state index in [0.717, 1.165) is 18.4 Å². The monoisotopic (exact) mass is 336 g/mol. The van der Waals surface area contributed by atoms with Gasteiger partial charge in [0.1, 0.15) is 12.2 Å². The summed E-state index contributed by atoms with van der Waals surface area (Å²) in [4.78, 5) is 6.35. The van der Waals surface area contributed by atoms with Crippen molar-refractivity contribution in [3.8, 4) is 0 Å². The predicted octanol–water partition coefficient (Wildman–Crippen LogP) is 2.52. The first-order valence-electron chi connectivity index (χ1n) is 8.17. The minimum Gasteiger partial charge on any atom is -0.392 e. The number of aliphatic hydroxyl groups is 1. The Labute approximate surface area is 139 Å². The SMILES string of the molecule is CC(C)Cn1ncnc1CN1C[C@@H](O)C[C@H]1c1ccc(F)c(F)c1. The zero-order valence-corrected chi connectivity index (χ0v) is 13.9. The molecule has 0 radical (unpaired) electrons. The van der Waals surface area contributed by atoms with Crippen LogP contribution in [-0.4, -0.2) is 37.4 Å². The summed E-state index contributed by atoms with van der Waals surface area (Å²) in [6.07, 6.45) is 1.52. The van der Waals surface area contributed by atoms with Crippen LogP contribution < -0.4 is 0 Å². The van der Waals surface area contributed by atoms with E-state index < -0.39 is 17.7 Å². The van der Waals surface area contributed by atoms with Crippen LogP contribution in [0.25, 0.3) is 0 Å². The molecule has 1 aliphatic rings. The van der Waals surface area contributed by atoms with E-state index in [1.807, 2.05) is 9.58 Å². The fourth-order valence-corrected chi connectivity index (χ4v) is 3.21. The highest BCUT2D eigenvalue weighted by Gasteiger charge is 2.33. The molecule has 0 unspecified atom stereocenters. The minimum absolute atomic E-state index is 0.167. The van der Waals surface area contributed by atoms with Gasteiger partial charge in [0.05, 0.1) is 12.6 Å². The van der Waals surface area contributed by atoms with E-state index in [2.05, 4.69) is 23.9 Å². The highest BCUT2D eigenvalue weighted by Crippen LogP contribution is 2.33. The molecule has 1 N–H and O–H groups in total. The van der Waals surface area contributed by atoms with Gasteiger partial charge in [-0.3, -0.25) is 4.90 Å². The molecule has 1 saturated heterocycles. The van der Waals surface area contributed by atoms with Gasteiger partial charge in [-0.15, -0.1) is 0 Å². The van der Waals surface area contributed by atoms with E-state index in [4.69, 9.17) is 0 Å². The first-order chi connectivity index (χ1) is 11.4. The fourth-order valence-electron chi connectivity index (χ4n) is 3.21. The summed E-state index contributed by atoms with van der Waals surface area (Å²) in [7, 11) is 0. The first-order valence-corrected chi connectivity index (χ1v) is 8.17. The highest BCUT2D eigenvalue weighted by molar-refractivity contribution is 5.23. The van der Waals surface area contributed by atoms with Crippen LogP contribution in [-0.2, 0) is 13.1 Å². The van der Waals surface area contributed by atoms with Crippen molar-refractivity contribution < 1.29 is 13.9 Å². The zero-order chi connectivity index (χ0) is 17.3. The summed E-state index contributed by atoms with van der Waals surface area (Å²) in [6.45, 7) is 5.96. The molecular weight excluding hydrogens is 314 g/mol. The molecule has 5 nitrogen and oxygen atoms in total. The van der Waals surface area contributed by atoms with E-state index in [1.54, 1.807) is 6.07 Å². The van der Waals surface area contributed by atoms with Gasteiger partial charge in [0.2, 0.25) is 0 Å². The van der Waals surface area contributed by atoms with Crippen LogP contribution in [0, 0.1) is 17.6 Å². The van der Waals surface area contributed by atoms with Crippen LogP contribution in [0.15, 0.2) is 24.5 Å². The van der Waals surface area contributed by atoms with E-state index in [-0.39, 0.29) is 6.04 Å². The third-order valence-corrected chi connectivity index (χ3v) is 4.29. The molecule has 0 bridgehead atoms. The predicted molar refractivity (Wildman–Crippen MR) is 85.0 cm³/mol. The van der Waals surface area contributed by atoms with Crippen molar-refractivity contribution in [2.75, 3.05) is 6.54 Å². The quantitative estimate of drug-likeness (QED) is 0.912. The Morgan fingerprint density at radius 3 is 2.79 bits per heavy atom. The molecule has 1 aromatic carbocycles. The molecule has 2 aromatic rings. The lowest BCUT2D eigenvalue weighted by atomic mass is 10.0. The molecular formula is C17H22F2N4O. The number of likely N-dealkylation sites (tertiary alicyclic amines) is 1. The molecule has 24 heavy (non-hydrogen) atoms. The standard InChI is InChI=1S/C17H22F2N4O/c1-11(2)7-23-17(20-10-21-23)9-22-8-13(24)6-16(22)12-3-4-14(18)15(19)5-12/h3-5,10-11,13,16,24H,6-9H2,1-2H3/t13-,16-/m0/s1. The van der Waals surface area contributed by atoms with Crippen molar-refractivity contribution in [2.24, 2.45) is 5.92 Å². The van der Waals surface area contributed by atoms with Crippen LogP contribution in [0.5, 0.6) is 0 Å². The van der Waals surface area contributed by atoms with Gasteiger partial charge >= 0.3 is 0 Å². The molecule has 0 amide bonds. The van der Waals surface area contributed by atoms with E-state index in [9.17, 15) is 13.9 Å². The van der Waals surface area contributed by atoms with E-state index in [0.29, 0.717) is 31.0 Å². The van der Waals surface area contributed by atoms with Crippen LogP contribution >= 0.6 is 0 Å². The number of nitrogens with zero attached hydrogens (tertiary/aromatic N) is 4. The second-order valence-electron chi connectivity index (χ2n) is 6.76. The molecule has 7 heteroatoms. The zero-order valence-electron chi connectivity index (χ0n) is 13.9. The molecule has 0 spiro atoms. The minimum atomic E-state index is -0.864. The van der Waals surface area contributed by atoms with E-state index in [1.165, 1.54) is 12.4 Å². The summed E-state index contributed by atoms with van der Waals surface area (Å²) in [5, 5.41) is 14.3. The number of β-amino-alcohol motifs (C(OH)–C–C–N with tert-alkyl or cyclic N) is 1. The van der Waals surface area contributed by atoms with Gasteiger partial charge in [-0.05, 0) is 30.0 Å². The molecule has 2 heterocycles. The van der Waals surface area contributed by atoms with Crippen molar-refractivity contribution >= 4 is 0 Å². The lowest BCUT2D eigenvalue weighted by molar-refractivity contribution is 0.170. The summed E-state index contributed by atoms with van der Waals surface area (Å²) < 4.78 is 28.6. The highest BCUT2D eigenvalue weighted by atomic mass is 19.2. The Hall–Kier alpha value is -1.86. The Morgan fingerprint density at radius 1 is 1.29 bits per heavy atom. The second-order valence-corrected chi connectivity index (χ2v) is 6.76. The molecule has 0 saturated carbocycles. The van der Waals surface area contributed by atoms with Crippen molar-refractivity contribution in [1.29, 1.82) is 0 Å². The Morgan fingerprint density at radius 2 is 2.08 bits per heavy atom. The van der Waals surface area contributed by atoms with Crippen LogP contribution in [0.1, 0.15) is 37.7 Å². The lowest BCUT2D eigenvalue weighted by Gasteiger charge is -2.24. The second kappa shape index (κ2) is 6.94. The third kappa shape index (κ3) is 3.62. The first kappa shape index (κ1) is 17.0.